The second-order valence-corrected chi connectivity index (χ2v) is 8.17. The molecular formula is C22H32N4O4. The molecule has 30 heavy (non-hydrogen) atoms. The Bertz CT molecular complexity index is 755. The molecule has 8 heteroatoms. The van der Waals surface area contributed by atoms with Gasteiger partial charge in [-0.25, -0.2) is 0 Å². The number of carbonyl (C=O) groups excluding carboxylic acids is 1. The molecule has 0 aromatic heterocycles. The molecule has 4 rings (SSSR count). The van der Waals surface area contributed by atoms with E-state index in [1.165, 1.54) is 0 Å². The fraction of sp³-hybridized carbons (Fsp3) is 0.591. The van der Waals surface area contributed by atoms with Crippen molar-refractivity contribution in [1.82, 2.24) is 15.3 Å². The molecule has 1 aromatic rings. The third kappa shape index (κ3) is 5.06. The lowest BCUT2D eigenvalue weighted by Gasteiger charge is -2.37. The van der Waals surface area contributed by atoms with E-state index in [2.05, 4.69) is 41.3 Å². The predicted molar refractivity (Wildman–Crippen MR) is 114 cm³/mol. The van der Waals surface area contributed by atoms with Crippen LogP contribution in [0.15, 0.2) is 36.0 Å². The fourth-order valence-electron chi connectivity index (χ4n) is 4.03. The highest BCUT2D eigenvalue weighted by Crippen LogP contribution is 2.29. The molecule has 164 valence electrons. The lowest BCUT2D eigenvalue weighted by Crippen LogP contribution is -2.48. The van der Waals surface area contributed by atoms with Gasteiger partial charge in [-0.05, 0) is 32.1 Å². The molecule has 2 fully saturated rings. The Morgan fingerprint density at radius 1 is 1.13 bits per heavy atom. The van der Waals surface area contributed by atoms with Crippen molar-refractivity contribution in [2.24, 2.45) is 0 Å². The second-order valence-electron chi connectivity index (χ2n) is 8.17. The van der Waals surface area contributed by atoms with Crippen molar-refractivity contribution < 1.29 is 19.1 Å². The standard InChI is InChI=1S/C22H32N4O4/c1-17(2)29-21-6-4-3-5-20(21)25-9-7-24(8-10-25)16-18-15-19(23-30-18)22(27)26-11-13-28-14-12-26/h3-6,15,17-18,23H,7-14,16H2,1-2H3/t18-/m1/s1. The first-order chi connectivity index (χ1) is 14.6. The number of carbonyl (C=O) groups is 1. The van der Waals surface area contributed by atoms with Gasteiger partial charge in [-0.3, -0.25) is 20.0 Å². The quantitative estimate of drug-likeness (QED) is 0.749. The minimum absolute atomic E-state index is 0.00706. The predicted octanol–water partition coefficient (Wildman–Crippen LogP) is 1.24. The molecule has 0 bridgehead atoms. The maximum Gasteiger partial charge on any atom is 0.272 e. The molecule has 1 N–H and O–H groups in total. The summed E-state index contributed by atoms with van der Waals surface area (Å²) in [5, 5.41) is 0. The Labute approximate surface area is 178 Å². The number of hydrogen-bond donors (Lipinski definition) is 1. The van der Waals surface area contributed by atoms with Crippen LogP contribution in [0.1, 0.15) is 13.8 Å². The van der Waals surface area contributed by atoms with E-state index in [9.17, 15) is 4.79 Å². The summed E-state index contributed by atoms with van der Waals surface area (Å²) in [4.78, 5) is 24.8. The number of para-hydroxylation sites is 2. The van der Waals surface area contributed by atoms with Gasteiger partial charge in [-0.1, -0.05) is 12.1 Å². The van der Waals surface area contributed by atoms with Gasteiger partial charge in [0.15, 0.2) is 0 Å². The van der Waals surface area contributed by atoms with E-state index in [-0.39, 0.29) is 18.1 Å². The van der Waals surface area contributed by atoms with Gasteiger partial charge in [0, 0.05) is 45.8 Å². The van der Waals surface area contributed by atoms with Crippen LogP contribution in [-0.2, 0) is 14.4 Å². The fourth-order valence-corrected chi connectivity index (χ4v) is 4.03. The van der Waals surface area contributed by atoms with Crippen LogP contribution in [0.2, 0.25) is 0 Å². The lowest BCUT2D eigenvalue weighted by molar-refractivity contribution is -0.132. The van der Waals surface area contributed by atoms with Gasteiger partial charge in [0.25, 0.3) is 5.91 Å². The van der Waals surface area contributed by atoms with Crippen molar-refractivity contribution in [2.45, 2.75) is 26.1 Å². The van der Waals surface area contributed by atoms with Crippen molar-refractivity contribution in [3.63, 3.8) is 0 Å². The molecule has 2 saturated heterocycles. The smallest absolute Gasteiger partial charge is 0.272 e. The van der Waals surface area contributed by atoms with E-state index in [4.69, 9.17) is 14.3 Å². The van der Waals surface area contributed by atoms with E-state index in [1.54, 1.807) is 0 Å². The van der Waals surface area contributed by atoms with Gasteiger partial charge >= 0.3 is 0 Å². The summed E-state index contributed by atoms with van der Waals surface area (Å²) >= 11 is 0. The molecule has 1 aromatic carbocycles. The average Bonchev–Trinajstić information content (AvgIpc) is 3.23. The van der Waals surface area contributed by atoms with Gasteiger partial charge in [-0.15, -0.1) is 0 Å². The highest BCUT2D eigenvalue weighted by molar-refractivity contribution is 5.93. The number of ether oxygens (including phenoxy) is 2. The Hall–Kier alpha value is -2.29. The van der Waals surface area contributed by atoms with E-state index >= 15 is 0 Å². The molecule has 0 saturated carbocycles. The first-order valence-electron chi connectivity index (χ1n) is 10.8. The molecular weight excluding hydrogens is 384 g/mol. The zero-order valence-corrected chi connectivity index (χ0v) is 17.9. The maximum atomic E-state index is 12.6. The highest BCUT2D eigenvalue weighted by Gasteiger charge is 2.29. The van der Waals surface area contributed by atoms with Crippen LogP contribution < -0.4 is 15.1 Å². The average molecular weight is 417 g/mol. The van der Waals surface area contributed by atoms with Crippen molar-refractivity contribution in [1.29, 1.82) is 0 Å². The van der Waals surface area contributed by atoms with Crippen LogP contribution in [0.25, 0.3) is 0 Å². The number of rotatable bonds is 6. The van der Waals surface area contributed by atoms with Gasteiger partial charge in [0.05, 0.1) is 25.0 Å². The number of nitrogens with zero attached hydrogens (tertiary/aromatic N) is 3. The molecule has 3 aliphatic heterocycles. The third-order valence-electron chi connectivity index (χ3n) is 5.58. The first-order valence-corrected chi connectivity index (χ1v) is 10.8. The van der Waals surface area contributed by atoms with Gasteiger partial charge in [0.2, 0.25) is 0 Å². The number of hydroxylamine groups is 1. The number of amides is 1. The largest absolute Gasteiger partial charge is 0.489 e. The number of morpholine rings is 1. The maximum absolute atomic E-state index is 12.6. The van der Waals surface area contributed by atoms with Crippen LogP contribution in [-0.4, -0.2) is 86.9 Å². The van der Waals surface area contributed by atoms with E-state index in [0.29, 0.717) is 32.0 Å². The molecule has 3 heterocycles. The molecule has 0 spiro atoms. The lowest BCUT2D eigenvalue weighted by atomic mass is 10.2. The van der Waals surface area contributed by atoms with Crippen LogP contribution in [0.3, 0.4) is 0 Å². The number of piperazine rings is 1. The second kappa shape index (κ2) is 9.68. The zero-order chi connectivity index (χ0) is 20.9. The summed E-state index contributed by atoms with van der Waals surface area (Å²) in [6.45, 7) is 11.1. The van der Waals surface area contributed by atoms with Crippen LogP contribution >= 0.6 is 0 Å². The summed E-state index contributed by atoms with van der Waals surface area (Å²) in [7, 11) is 0. The number of nitrogens with one attached hydrogen (secondary N) is 1. The SMILES string of the molecule is CC(C)Oc1ccccc1N1CCN(C[C@H]2C=C(C(=O)N3CCOCC3)NO2)CC1. The Morgan fingerprint density at radius 2 is 1.87 bits per heavy atom. The summed E-state index contributed by atoms with van der Waals surface area (Å²) in [5.74, 6) is 0.936. The number of anilines is 1. The van der Waals surface area contributed by atoms with Crippen LogP contribution in [0.4, 0.5) is 5.69 Å². The molecule has 0 aliphatic carbocycles. The van der Waals surface area contributed by atoms with Crippen LogP contribution in [0, 0.1) is 0 Å². The topological polar surface area (TPSA) is 66.5 Å². The van der Waals surface area contributed by atoms with Gasteiger partial charge in [-0.2, -0.15) is 0 Å². The Kier molecular flexibility index (Phi) is 6.76. The van der Waals surface area contributed by atoms with Gasteiger partial charge in [0.1, 0.15) is 17.6 Å². The van der Waals surface area contributed by atoms with Gasteiger partial charge < -0.3 is 19.3 Å². The monoisotopic (exact) mass is 416 g/mol. The molecule has 0 radical (unpaired) electrons. The van der Waals surface area contributed by atoms with E-state index in [1.807, 2.05) is 23.1 Å². The van der Waals surface area contributed by atoms with Crippen molar-refractivity contribution in [3.05, 3.63) is 36.0 Å². The third-order valence-corrected chi connectivity index (χ3v) is 5.58. The molecule has 1 amide bonds. The minimum atomic E-state index is -0.117. The summed E-state index contributed by atoms with van der Waals surface area (Å²) < 4.78 is 11.3. The first kappa shape index (κ1) is 21.0. The molecule has 3 aliphatic rings. The molecule has 0 unspecified atom stereocenters. The summed E-state index contributed by atoms with van der Waals surface area (Å²) in [6.07, 6.45) is 1.95. The minimum Gasteiger partial charge on any atom is -0.489 e. The zero-order valence-electron chi connectivity index (χ0n) is 17.9. The van der Waals surface area contributed by atoms with Crippen molar-refractivity contribution in [2.75, 3.05) is 63.9 Å². The number of hydrogen-bond acceptors (Lipinski definition) is 7. The van der Waals surface area contributed by atoms with Crippen LogP contribution in [0.5, 0.6) is 5.75 Å². The van der Waals surface area contributed by atoms with E-state index in [0.717, 1.165) is 44.2 Å². The van der Waals surface area contributed by atoms with E-state index < -0.39 is 0 Å². The Balaban J connectivity index is 1.28. The summed E-state index contributed by atoms with van der Waals surface area (Å²) in [6, 6.07) is 8.25. The van der Waals surface area contributed by atoms with Crippen molar-refractivity contribution in [3.8, 4) is 5.75 Å². The van der Waals surface area contributed by atoms with Crippen molar-refractivity contribution >= 4 is 11.6 Å². The normalized spacial score (nSPS) is 22.8. The number of benzene rings is 1. The highest BCUT2D eigenvalue weighted by atomic mass is 16.7. The summed E-state index contributed by atoms with van der Waals surface area (Å²) in [5.41, 5.74) is 4.53. The molecule has 8 nitrogen and oxygen atoms in total. The Morgan fingerprint density at radius 3 is 2.60 bits per heavy atom. The molecule has 1 atom stereocenters.